The van der Waals surface area contributed by atoms with Gasteiger partial charge < -0.3 is 4.74 Å². The first-order valence-corrected chi connectivity index (χ1v) is 5.53. The molecule has 1 saturated heterocycles. The lowest BCUT2D eigenvalue weighted by Gasteiger charge is -2.27. The minimum Gasteiger partial charge on any atom is -0.381 e. The molecule has 2 unspecified atom stereocenters. The molecule has 2 atom stereocenters. The summed E-state index contributed by atoms with van der Waals surface area (Å²) in [7, 11) is 3.98. The topological polar surface area (TPSA) is 12.5 Å². The summed E-state index contributed by atoms with van der Waals surface area (Å²) in [5.74, 6) is 1.91. The molecule has 0 amide bonds. The molecule has 0 saturated carbocycles. The minimum atomic E-state index is 0.452. The predicted molar refractivity (Wildman–Crippen MR) is 54.3 cm³/mol. The molecule has 1 heterocycles. The van der Waals surface area contributed by atoms with Gasteiger partial charge in [0.1, 0.15) is 0 Å². The molecular formula is C9H19NOS. The van der Waals surface area contributed by atoms with Gasteiger partial charge in [0, 0.05) is 19.4 Å². The van der Waals surface area contributed by atoms with Crippen molar-refractivity contribution in [2.45, 2.75) is 25.9 Å². The normalized spacial score (nSPS) is 34.2. The van der Waals surface area contributed by atoms with Crippen LogP contribution in [0.25, 0.3) is 0 Å². The largest absolute Gasteiger partial charge is 0.381 e. The fraction of sp³-hybridized carbons (Fsp3) is 1.00. The van der Waals surface area contributed by atoms with E-state index in [0.29, 0.717) is 6.10 Å². The molecule has 1 aliphatic heterocycles. The average Bonchev–Trinajstić information content (AvgIpc) is 2.06. The van der Waals surface area contributed by atoms with Gasteiger partial charge in [-0.25, -0.2) is 0 Å². The van der Waals surface area contributed by atoms with Gasteiger partial charge in [-0.2, -0.15) is 0 Å². The number of ether oxygens (including phenoxy) is 1. The molecule has 3 heteroatoms. The Labute approximate surface area is 79.8 Å². The molecular weight excluding hydrogens is 170 g/mol. The third kappa shape index (κ3) is 3.33. The summed E-state index contributed by atoms with van der Waals surface area (Å²) in [5.41, 5.74) is 0. The molecule has 0 N–H and O–H groups in total. The highest BCUT2D eigenvalue weighted by molar-refractivity contribution is 7.97. The molecule has 2 nitrogen and oxygen atoms in total. The van der Waals surface area contributed by atoms with Gasteiger partial charge >= 0.3 is 0 Å². The highest BCUT2D eigenvalue weighted by Gasteiger charge is 2.17. The first-order valence-electron chi connectivity index (χ1n) is 4.59. The Bertz CT molecular complexity index is 132. The van der Waals surface area contributed by atoms with E-state index < -0.39 is 0 Å². The fourth-order valence-corrected chi connectivity index (χ4v) is 2.40. The summed E-state index contributed by atoms with van der Waals surface area (Å²) < 4.78 is 7.72. The highest BCUT2D eigenvalue weighted by atomic mass is 32.2. The summed E-state index contributed by atoms with van der Waals surface area (Å²) in [6.07, 6.45) is 2.97. The van der Waals surface area contributed by atoms with Crippen LogP contribution in [0.2, 0.25) is 0 Å². The number of nitrogens with zero attached hydrogens (tertiary/aromatic N) is 1. The maximum atomic E-state index is 5.40. The predicted octanol–water partition coefficient (Wildman–Crippen LogP) is 2.01. The first kappa shape index (κ1) is 10.4. The van der Waals surface area contributed by atoms with Crippen molar-refractivity contribution in [3.63, 3.8) is 0 Å². The monoisotopic (exact) mass is 189 g/mol. The Hall–Kier alpha value is 0.270. The van der Waals surface area contributed by atoms with Crippen molar-refractivity contribution in [1.82, 2.24) is 4.31 Å². The molecule has 0 aromatic heterocycles. The van der Waals surface area contributed by atoms with Gasteiger partial charge in [0.25, 0.3) is 0 Å². The van der Waals surface area contributed by atoms with E-state index in [1.807, 2.05) is 19.1 Å². The van der Waals surface area contributed by atoms with Gasteiger partial charge in [0.2, 0.25) is 0 Å². The Morgan fingerprint density at radius 3 is 2.92 bits per heavy atom. The van der Waals surface area contributed by atoms with Crippen molar-refractivity contribution in [2.24, 2.45) is 5.92 Å². The van der Waals surface area contributed by atoms with Gasteiger partial charge in [-0.3, -0.25) is 4.31 Å². The van der Waals surface area contributed by atoms with E-state index >= 15 is 0 Å². The zero-order valence-corrected chi connectivity index (χ0v) is 9.06. The van der Waals surface area contributed by atoms with Crippen LogP contribution in [-0.4, -0.2) is 36.9 Å². The molecule has 0 radical (unpaired) electrons. The van der Waals surface area contributed by atoms with Crippen molar-refractivity contribution in [3.8, 4) is 0 Å². The van der Waals surface area contributed by atoms with Gasteiger partial charge in [0.05, 0.1) is 6.10 Å². The van der Waals surface area contributed by atoms with Gasteiger partial charge in [-0.1, -0.05) is 18.9 Å². The molecule has 1 aliphatic rings. The lowest BCUT2D eigenvalue weighted by atomic mass is 10.0. The zero-order valence-electron chi connectivity index (χ0n) is 8.25. The summed E-state index contributed by atoms with van der Waals surface area (Å²) in [6.45, 7) is 3.53. The van der Waals surface area contributed by atoms with Crippen molar-refractivity contribution in [2.75, 3.05) is 26.5 Å². The van der Waals surface area contributed by atoms with E-state index in [1.54, 1.807) is 0 Å². The lowest BCUT2D eigenvalue weighted by Crippen LogP contribution is -2.26. The van der Waals surface area contributed by atoms with Crippen molar-refractivity contribution < 1.29 is 4.74 Å². The second-order valence-electron chi connectivity index (χ2n) is 3.63. The summed E-state index contributed by atoms with van der Waals surface area (Å²) in [5, 5.41) is 0. The Morgan fingerprint density at radius 2 is 2.25 bits per heavy atom. The van der Waals surface area contributed by atoms with Crippen LogP contribution >= 0.6 is 11.9 Å². The van der Waals surface area contributed by atoms with Crippen LogP contribution in [0, 0.1) is 5.92 Å². The molecule has 72 valence electrons. The van der Waals surface area contributed by atoms with E-state index in [1.165, 1.54) is 19.4 Å². The van der Waals surface area contributed by atoms with E-state index in [-0.39, 0.29) is 0 Å². The van der Waals surface area contributed by atoms with E-state index in [0.717, 1.165) is 11.7 Å². The second-order valence-corrected chi connectivity index (χ2v) is 4.85. The third-order valence-corrected chi connectivity index (χ3v) is 3.56. The van der Waals surface area contributed by atoms with Crippen LogP contribution in [0.4, 0.5) is 0 Å². The average molecular weight is 189 g/mol. The third-order valence-electron chi connectivity index (χ3n) is 2.42. The quantitative estimate of drug-likeness (QED) is 0.586. The van der Waals surface area contributed by atoms with Crippen LogP contribution in [0.5, 0.6) is 0 Å². The molecule has 0 bridgehead atoms. The molecule has 0 aromatic carbocycles. The van der Waals surface area contributed by atoms with Crippen LogP contribution in [0.15, 0.2) is 0 Å². The number of hydrogen-bond acceptors (Lipinski definition) is 3. The Balaban J connectivity index is 2.37. The standard InChI is InChI=1S/C9H19NOS/c1-8-4-5-10(2)12-7-9(6-8)11-3/h8-9H,4-7H2,1-3H3. The van der Waals surface area contributed by atoms with Crippen LogP contribution < -0.4 is 0 Å². The molecule has 0 aliphatic carbocycles. The van der Waals surface area contributed by atoms with E-state index in [2.05, 4.69) is 18.3 Å². The Kier molecular flexibility index (Phi) is 4.40. The maximum absolute atomic E-state index is 5.40. The number of rotatable bonds is 1. The van der Waals surface area contributed by atoms with Crippen LogP contribution in [-0.2, 0) is 4.74 Å². The molecule has 12 heavy (non-hydrogen) atoms. The second kappa shape index (κ2) is 5.10. The number of methoxy groups -OCH3 is 1. The molecule has 1 rings (SSSR count). The molecule has 0 aromatic rings. The maximum Gasteiger partial charge on any atom is 0.0677 e. The first-order chi connectivity index (χ1) is 5.72. The van der Waals surface area contributed by atoms with Gasteiger partial charge in [0.15, 0.2) is 0 Å². The zero-order chi connectivity index (χ0) is 8.97. The molecule has 0 spiro atoms. The lowest BCUT2D eigenvalue weighted by molar-refractivity contribution is 0.0966. The Morgan fingerprint density at radius 1 is 1.50 bits per heavy atom. The highest BCUT2D eigenvalue weighted by Crippen LogP contribution is 2.22. The summed E-state index contributed by atoms with van der Waals surface area (Å²) in [4.78, 5) is 0. The van der Waals surface area contributed by atoms with Crippen molar-refractivity contribution >= 4 is 11.9 Å². The summed E-state index contributed by atoms with van der Waals surface area (Å²) >= 11 is 1.90. The van der Waals surface area contributed by atoms with Gasteiger partial charge in [-0.15, -0.1) is 0 Å². The van der Waals surface area contributed by atoms with Crippen LogP contribution in [0.1, 0.15) is 19.8 Å². The SMILES string of the molecule is COC1CSN(C)CCC(C)C1. The number of hydrogen-bond donors (Lipinski definition) is 0. The minimum absolute atomic E-state index is 0.452. The van der Waals surface area contributed by atoms with Crippen molar-refractivity contribution in [3.05, 3.63) is 0 Å². The smallest absolute Gasteiger partial charge is 0.0677 e. The van der Waals surface area contributed by atoms with Gasteiger partial charge in [-0.05, 0) is 25.8 Å². The van der Waals surface area contributed by atoms with E-state index in [9.17, 15) is 0 Å². The van der Waals surface area contributed by atoms with Crippen LogP contribution in [0.3, 0.4) is 0 Å². The van der Waals surface area contributed by atoms with Crippen molar-refractivity contribution in [1.29, 1.82) is 0 Å². The van der Waals surface area contributed by atoms with E-state index in [4.69, 9.17) is 4.74 Å². The molecule has 1 fully saturated rings. The summed E-state index contributed by atoms with van der Waals surface area (Å²) in [6, 6.07) is 0. The fourth-order valence-electron chi connectivity index (χ4n) is 1.48.